The van der Waals surface area contributed by atoms with E-state index in [0.717, 1.165) is 12.8 Å². The fourth-order valence-corrected chi connectivity index (χ4v) is 1.70. The van der Waals surface area contributed by atoms with Crippen molar-refractivity contribution in [3.05, 3.63) is 11.7 Å². The fraction of sp³-hybridized carbons (Fsp3) is 0.692. The van der Waals surface area contributed by atoms with Crippen molar-refractivity contribution < 1.29 is 19.2 Å². The maximum Gasteiger partial charge on any atom is 0.326 e. The van der Waals surface area contributed by atoms with E-state index in [1.165, 1.54) is 0 Å². The number of hydrogen-bond donors (Lipinski definition) is 2. The van der Waals surface area contributed by atoms with E-state index in [1.54, 1.807) is 13.8 Å². The number of carbonyl (C=O) groups is 2. The lowest BCUT2D eigenvalue weighted by Gasteiger charge is -2.17. The van der Waals surface area contributed by atoms with Crippen LogP contribution in [0.5, 0.6) is 0 Å². The summed E-state index contributed by atoms with van der Waals surface area (Å²) in [5.41, 5.74) is 0. The van der Waals surface area contributed by atoms with Crippen LogP contribution < -0.4 is 5.32 Å². The van der Waals surface area contributed by atoms with Gasteiger partial charge in [0.1, 0.15) is 6.04 Å². The Labute approximate surface area is 117 Å². The van der Waals surface area contributed by atoms with E-state index in [0.29, 0.717) is 18.1 Å². The highest BCUT2D eigenvalue weighted by Crippen LogP contribution is 2.05. The van der Waals surface area contributed by atoms with Crippen molar-refractivity contribution in [2.75, 3.05) is 0 Å². The molecule has 0 aliphatic heterocycles. The molecule has 0 unspecified atom stereocenters. The van der Waals surface area contributed by atoms with Gasteiger partial charge in [0.2, 0.25) is 11.8 Å². The molecule has 1 heterocycles. The Balaban J connectivity index is 2.44. The van der Waals surface area contributed by atoms with Crippen LogP contribution in [0.1, 0.15) is 45.3 Å². The van der Waals surface area contributed by atoms with Crippen molar-refractivity contribution in [2.24, 2.45) is 5.92 Å². The molecule has 0 aliphatic rings. The molecule has 20 heavy (non-hydrogen) atoms. The zero-order chi connectivity index (χ0) is 15.1. The molecule has 0 aliphatic carbocycles. The first-order valence-corrected chi connectivity index (χ1v) is 6.77. The predicted octanol–water partition coefficient (Wildman–Crippen LogP) is 1.18. The number of nitrogens with one attached hydrogen (secondary N) is 1. The minimum atomic E-state index is -1.03. The van der Waals surface area contributed by atoms with Crippen LogP contribution >= 0.6 is 0 Å². The maximum atomic E-state index is 11.7. The van der Waals surface area contributed by atoms with E-state index < -0.39 is 12.0 Å². The van der Waals surface area contributed by atoms with Crippen molar-refractivity contribution >= 4 is 11.9 Å². The molecule has 0 aromatic carbocycles. The van der Waals surface area contributed by atoms with Gasteiger partial charge in [0.15, 0.2) is 5.82 Å². The molecule has 1 atom stereocenters. The smallest absolute Gasteiger partial charge is 0.326 e. The molecule has 1 amide bonds. The van der Waals surface area contributed by atoms with Crippen LogP contribution in [-0.4, -0.2) is 33.2 Å². The molecule has 0 saturated heterocycles. The first kappa shape index (κ1) is 16.1. The van der Waals surface area contributed by atoms with Crippen LogP contribution in [0.25, 0.3) is 0 Å². The minimum absolute atomic E-state index is 0.129. The van der Waals surface area contributed by atoms with Gasteiger partial charge in [-0.1, -0.05) is 25.9 Å². The summed E-state index contributed by atoms with van der Waals surface area (Å²) in [6, 6.07) is -0.874. The zero-order valence-corrected chi connectivity index (χ0v) is 12.0. The first-order valence-electron chi connectivity index (χ1n) is 6.77. The van der Waals surface area contributed by atoms with E-state index in [4.69, 9.17) is 9.63 Å². The average molecular weight is 283 g/mol. The summed E-state index contributed by atoms with van der Waals surface area (Å²) in [4.78, 5) is 26.8. The van der Waals surface area contributed by atoms with Crippen LogP contribution in [0.2, 0.25) is 0 Å². The van der Waals surface area contributed by atoms with E-state index in [-0.39, 0.29) is 18.2 Å². The number of hydrogen-bond acceptors (Lipinski definition) is 5. The van der Waals surface area contributed by atoms with Gasteiger partial charge in [-0.2, -0.15) is 4.98 Å². The number of carbonyl (C=O) groups excluding carboxylic acids is 1. The van der Waals surface area contributed by atoms with E-state index in [2.05, 4.69) is 15.5 Å². The Morgan fingerprint density at radius 2 is 2.05 bits per heavy atom. The number of rotatable bonds is 8. The summed E-state index contributed by atoms with van der Waals surface area (Å²) in [6.07, 6.45) is 2.11. The highest BCUT2D eigenvalue weighted by atomic mass is 16.5. The van der Waals surface area contributed by atoms with Crippen LogP contribution in [0.4, 0.5) is 0 Å². The number of carboxylic acids is 1. The highest BCUT2D eigenvalue weighted by molar-refractivity contribution is 5.83. The summed E-state index contributed by atoms with van der Waals surface area (Å²) >= 11 is 0. The Morgan fingerprint density at radius 3 is 2.60 bits per heavy atom. The number of carboxylic acid groups (broad SMARTS) is 1. The number of amides is 1. The number of nitrogens with zero attached hydrogens (tertiary/aromatic N) is 2. The van der Waals surface area contributed by atoms with Crippen molar-refractivity contribution in [3.63, 3.8) is 0 Å². The van der Waals surface area contributed by atoms with Crippen molar-refractivity contribution in [1.29, 1.82) is 0 Å². The average Bonchev–Trinajstić information content (AvgIpc) is 2.81. The second-order valence-corrected chi connectivity index (χ2v) is 4.98. The normalized spacial score (nSPS) is 12.4. The molecule has 0 spiro atoms. The summed E-state index contributed by atoms with van der Waals surface area (Å²) in [6.45, 7) is 5.50. The Hall–Kier alpha value is -1.92. The molecule has 1 aromatic rings. The quantitative estimate of drug-likeness (QED) is 0.742. The van der Waals surface area contributed by atoms with Crippen molar-refractivity contribution in [1.82, 2.24) is 15.5 Å². The van der Waals surface area contributed by atoms with Crippen molar-refractivity contribution in [3.8, 4) is 0 Å². The predicted molar refractivity (Wildman–Crippen MR) is 71.0 cm³/mol. The second kappa shape index (κ2) is 7.62. The summed E-state index contributed by atoms with van der Waals surface area (Å²) in [5.74, 6) is -0.498. The van der Waals surface area contributed by atoms with E-state index >= 15 is 0 Å². The first-order chi connectivity index (χ1) is 9.43. The van der Waals surface area contributed by atoms with Gasteiger partial charge >= 0.3 is 5.97 Å². The molecular weight excluding hydrogens is 262 g/mol. The van der Waals surface area contributed by atoms with Gasteiger partial charge in [0.25, 0.3) is 0 Å². The van der Waals surface area contributed by atoms with Gasteiger partial charge in [0.05, 0.1) is 0 Å². The van der Waals surface area contributed by atoms with Gasteiger partial charge in [-0.3, -0.25) is 4.79 Å². The Bertz CT molecular complexity index is 456. The molecule has 7 heteroatoms. The third kappa shape index (κ3) is 4.99. The van der Waals surface area contributed by atoms with Crippen LogP contribution in [-0.2, 0) is 22.4 Å². The van der Waals surface area contributed by atoms with E-state index in [9.17, 15) is 9.59 Å². The largest absolute Gasteiger partial charge is 0.480 e. The third-order valence-electron chi connectivity index (χ3n) is 2.80. The molecule has 1 aromatic heterocycles. The molecule has 0 radical (unpaired) electrons. The van der Waals surface area contributed by atoms with Gasteiger partial charge in [-0.25, -0.2) is 4.79 Å². The highest BCUT2D eigenvalue weighted by Gasteiger charge is 2.23. The molecule has 1 rings (SSSR count). The topological polar surface area (TPSA) is 105 Å². The molecule has 0 bridgehead atoms. The molecule has 7 nitrogen and oxygen atoms in total. The van der Waals surface area contributed by atoms with Crippen LogP contribution in [0.15, 0.2) is 4.52 Å². The van der Waals surface area contributed by atoms with Crippen LogP contribution in [0, 0.1) is 5.92 Å². The number of aliphatic carboxylic acids is 1. The standard InChI is InChI=1S/C13H21N3O4/c1-4-5-9-14-11(20-16-9)7-6-10(17)15-12(8(2)3)13(18)19/h8,12H,4-7H2,1-3H3,(H,15,17)(H,18,19)/t12-/m0/s1. The third-order valence-corrected chi connectivity index (χ3v) is 2.80. The number of aromatic nitrogens is 2. The van der Waals surface area contributed by atoms with Crippen molar-refractivity contribution in [2.45, 2.75) is 52.5 Å². The lowest BCUT2D eigenvalue weighted by atomic mass is 10.0. The summed E-state index contributed by atoms with van der Waals surface area (Å²) < 4.78 is 5.01. The monoisotopic (exact) mass is 283 g/mol. The van der Waals surface area contributed by atoms with Gasteiger partial charge in [0, 0.05) is 19.3 Å². The molecule has 112 valence electrons. The number of aryl methyl sites for hydroxylation is 2. The minimum Gasteiger partial charge on any atom is -0.480 e. The lowest BCUT2D eigenvalue weighted by Crippen LogP contribution is -2.44. The van der Waals surface area contributed by atoms with Gasteiger partial charge in [-0.05, 0) is 12.3 Å². The van der Waals surface area contributed by atoms with Gasteiger partial charge < -0.3 is 14.9 Å². The SMILES string of the molecule is CCCc1noc(CCC(=O)N[C@H](C(=O)O)C(C)C)n1. The Morgan fingerprint density at radius 1 is 1.35 bits per heavy atom. The van der Waals surface area contributed by atoms with E-state index in [1.807, 2.05) is 6.92 Å². The maximum absolute atomic E-state index is 11.7. The Kier molecular flexibility index (Phi) is 6.14. The van der Waals surface area contributed by atoms with Crippen LogP contribution in [0.3, 0.4) is 0 Å². The molecule has 2 N–H and O–H groups in total. The second-order valence-electron chi connectivity index (χ2n) is 4.98. The van der Waals surface area contributed by atoms with Gasteiger partial charge in [-0.15, -0.1) is 0 Å². The molecule has 0 fully saturated rings. The summed E-state index contributed by atoms with van der Waals surface area (Å²) in [5, 5.41) is 15.3. The molecular formula is C13H21N3O4. The summed E-state index contributed by atoms with van der Waals surface area (Å²) in [7, 11) is 0. The zero-order valence-electron chi connectivity index (χ0n) is 12.0. The lowest BCUT2D eigenvalue weighted by molar-refractivity contribution is -0.143. The molecule has 0 saturated carbocycles. The fourth-order valence-electron chi connectivity index (χ4n) is 1.70.